The number of aliphatic hydroxyl groups is 1. The number of ether oxygens (including phenoxy) is 1. The fourth-order valence-electron chi connectivity index (χ4n) is 3.91. The molecule has 6 heteroatoms. The van der Waals surface area contributed by atoms with Gasteiger partial charge in [0, 0.05) is 34.1 Å². The molecule has 1 aliphatic rings. The van der Waals surface area contributed by atoms with Crippen molar-refractivity contribution in [2.75, 3.05) is 39.9 Å². The van der Waals surface area contributed by atoms with E-state index in [0.29, 0.717) is 19.1 Å². The summed E-state index contributed by atoms with van der Waals surface area (Å²) in [5.41, 5.74) is 0. The molecule has 49 heavy (non-hydrogen) atoms. The minimum atomic E-state index is 0. The Morgan fingerprint density at radius 3 is 1.59 bits per heavy atom. The number of hydrogen-bond donors (Lipinski definition) is 1. The van der Waals surface area contributed by atoms with Crippen LogP contribution in [0.4, 0.5) is 0 Å². The SMILES string of the molecule is CC.CC.CC/C=C/OCCCC.CCC(C)C.CCCC=O.CCCCCCCCCCCO.C[N-]C(C)CCCCN1CCCC1.[W]. The minimum absolute atomic E-state index is 0. The van der Waals surface area contributed by atoms with E-state index in [0.717, 1.165) is 44.5 Å². The third-order valence-electron chi connectivity index (χ3n) is 7.51. The monoisotopic (exact) mass is 872 g/mol. The number of aldehydes is 1. The Morgan fingerprint density at radius 1 is 0.735 bits per heavy atom. The van der Waals surface area contributed by atoms with Crippen molar-refractivity contribution in [3.05, 3.63) is 17.7 Å². The molecular weight excluding hydrogens is 776 g/mol. The van der Waals surface area contributed by atoms with Crippen molar-refractivity contribution in [1.82, 2.24) is 4.90 Å². The van der Waals surface area contributed by atoms with Crippen molar-refractivity contribution in [3.8, 4) is 0 Å². The van der Waals surface area contributed by atoms with Crippen molar-refractivity contribution in [3.63, 3.8) is 0 Å². The molecule has 1 aliphatic heterocycles. The van der Waals surface area contributed by atoms with Crippen LogP contribution in [0.3, 0.4) is 0 Å². The van der Waals surface area contributed by atoms with Crippen LogP contribution >= 0.6 is 0 Å². The quantitative estimate of drug-likeness (QED) is 0.0631. The minimum Gasteiger partial charge on any atom is -0.662 e. The normalized spacial score (nSPS) is 12.0. The standard InChI is InChI=1S/C11H23N2.C11H24O.C8H16O.C5H12.C4H8O.2C2H6.W/c1-11(12-2)7-3-4-8-13-9-5-6-10-13;1-2-3-4-5-6-7-8-9-10-11-12;1-3-5-7-9-8-6-4-2;1-4-5(2)3;1-2-3-4-5;2*1-2;/h11H,3-10H2,1-2H3;12H,2-11H2,1H3;5,7H,3-4,6,8H2,1-2H3;5H,4H2,1-3H3;4H,2-3H2,1H3;2*1-2H3;/q-1;;;;;;;/b;;7-5+;;;;;. The van der Waals surface area contributed by atoms with Crippen LogP contribution in [0.15, 0.2) is 12.3 Å². The van der Waals surface area contributed by atoms with Crippen molar-refractivity contribution < 1.29 is 35.7 Å². The summed E-state index contributed by atoms with van der Waals surface area (Å²) < 4.78 is 5.13. The zero-order valence-electron chi connectivity index (χ0n) is 36.1. The summed E-state index contributed by atoms with van der Waals surface area (Å²) >= 11 is 0. The molecule has 0 amide bonds. The van der Waals surface area contributed by atoms with E-state index in [9.17, 15) is 4.79 Å². The summed E-state index contributed by atoms with van der Waals surface area (Å²) in [5.74, 6) is 0.884. The zero-order chi connectivity index (χ0) is 37.9. The molecule has 0 bridgehead atoms. The number of nitrogens with zero attached hydrogens (tertiary/aromatic N) is 2. The smallest absolute Gasteiger partial charge is 0.119 e. The number of aliphatic hydroxyl groups excluding tert-OH is 1. The van der Waals surface area contributed by atoms with Crippen LogP contribution in [-0.2, 0) is 30.6 Å². The van der Waals surface area contributed by atoms with Gasteiger partial charge >= 0.3 is 0 Å². The van der Waals surface area contributed by atoms with Crippen LogP contribution in [0.1, 0.15) is 212 Å². The van der Waals surface area contributed by atoms with E-state index in [1.807, 2.05) is 47.7 Å². The van der Waals surface area contributed by atoms with E-state index in [4.69, 9.17) is 9.84 Å². The second kappa shape index (κ2) is 69.5. The topological polar surface area (TPSA) is 63.9 Å². The van der Waals surface area contributed by atoms with E-state index in [1.54, 1.807) is 6.26 Å². The molecule has 1 rings (SSSR count). The molecule has 1 heterocycles. The zero-order valence-corrected chi connectivity index (χ0v) is 39.1. The molecule has 5 nitrogen and oxygen atoms in total. The molecule has 0 spiro atoms. The summed E-state index contributed by atoms with van der Waals surface area (Å²) in [4.78, 5) is 12.0. The number of hydrogen-bond acceptors (Lipinski definition) is 4. The van der Waals surface area contributed by atoms with Gasteiger partial charge in [0.2, 0.25) is 0 Å². The van der Waals surface area contributed by atoms with Crippen LogP contribution < -0.4 is 0 Å². The van der Waals surface area contributed by atoms with Gasteiger partial charge in [-0.05, 0) is 70.5 Å². The first-order chi connectivity index (χ1) is 23.3. The predicted molar refractivity (Wildman–Crippen MR) is 222 cm³/mol. The number of carbonyl (C=O) groups excluding carboxylic acids is 1. The fourth-order valence-corrected chi connectivity index (χ4v) is 3.91. The van der Waals surface area contributed by atoms with Crippen molar-refractivity contribution in [2.24, 2.45) is 5.92 Å². The van der Waals surface area contributed by atoms with E-state index >= 15 is 0 Å². The first kappa shape index (κ1) is 63.8. The molecule has 1 fully saturated rings. The molecule has 0 aromatic carbocycles. The summed E-state index contributed by atoms with van der Waals surface area (Å²) in [6.07, 6.45) is 29.8. The van der Waals surface area contributed by atoms with E-state index in [2.05, 4.69) is 58.7 Å². The second-order valence-corrected chi connectivity index (χ2v) is 12.5. The maximum atomic E-state index is 9.40. The van der Waals surface area contributed by atoms with Crippen molar-refractivity contribution in [1.29, 1.82) is 0 Å². The number of carbonyl (C=O) groups is 1. The first-order valence-electron chi connectivity index (χ1n) is 21.0. The number of unbranched alkanes of at least 4 members (excludes halogenated alkanes) is 11. The molecule has 1 N–H and O–H groups in total. The van der Waals surface area contributed by atoms with Gasteiger partial charge in [-0.2, -0.15) is 7.05 Å². The Bertz CT molecular complexity index is 491. The molecule has 0 saturated carbocycles. The first-order valence-corrected chi connectivity index (χ1v) is 21.0. The largest absolute Gasteiger partial charge is 0.662 e. The third-order valence-corrected chi connectivity index (χ3v) is 7.51. The van der Waals surface area contributed by atoms with Crippen LogP contribution in [0, 0.1) is 5.92 Å². The molecule has 302 valence electrons. The van der Waals surface area contributed by atoms with Gasteiger partial charge in [-0.15, -0.1) is 6.04 Å². The van der Waals surface area contributed by atoms with Gasteiger partial charge < -0.3 is 24.9 Å². The van der Waals surface area contributed by atoms with Gasteiger partial charge in [-0.25, -0.2) is 0 Å². The molecule has 0 aliphatic carbocycles. The number of rotatable bonds is 23. The van der Waals surface area contributed by atoms with Crippen LogP contribution in [0.5, 0.6) is 0 Å². The van der Waals surface area contributed by atoms with Gasteiger partial charge in [0.15, 0.2) is 0 Å². The Kier molecular flexibility index (Phi) is 90.5. The molecule has 1 atom stereocenters. The molecule has 0 aromatic rings. The Hall–Kier alpha value is -0.222. The average Bonchev–Trinajstić information content (AvgIpc) is 3.65. The second-order valence-electron chi connectivity index (χ2n) is 12.5. The predicted octanol–water partition coefficient (Wildman–Crippen LogP) is 14.0. The number of likely N-dealkylation sites (tertiary alicyclic amines) is 1. The van der Waals surface area contributed by atoms with Gasteiger partial charge in [-0.1, -0.05) is 166 Å². The Balaban J connectivity index is -0.0000000910. The van der Waals surface area contributed by atoms with Crippen LogP contribution in [-0.4, -0.2) is 62.2 Å². The van der Waals surface area contributed by atoms with Gasteiger partial charge in [0.25, 0.3) is 0 Å². The Labute approximate surface area is 326 Å². The molecule has 1 unspecified atom stereocenters. The van der Waals surface area contributed by atoms with E-state index in [1.165, 1.54) is 116 Å². The molecule has 0 radical (unpaired) electrons. The van der Waals surface area contributed by atoms with Gasteiger partial charge in [-0.3, -0.25) is 0 Å². The van der Waals surface area contributed by atoms with Crippen molar-refractivity contribution in [2.45, 2.75) is 218 Å². The third kappa shape index (κ3) is 82.8. The average molecular weight is 872 g/mol. The van der Waals surface area contributed by atoms with Crippen LogP contribution in [0.25, 0.3) is 5.32 Å². The summed E-state index contributed by atoms with van der Waals surface area (Å²) in [6.45, 7) is 30.6. The van der Waals surface area contributed by atoms with Gasteiger partial charge in [0.05, 0.1) is 12.9 Å². The Morgan fingerprint density at radius 2 is 1.22 bits per heavy atom. The summed E-state index contributed by atoms with van der Waals surface area (Å²) in [6, 6.07) is 0.568. The molecular formula is C43H95N2O3W-. The fraction of sp³-hybridized carbons (Fsp3) is 0.930. The maximum absolute atomic E-state index is 9.40. The van der Waals surface area contributed by atoms with E-state index < -0.39 is 0 Å². The van der Waals surface area contributed by atoms with Crippen molar-refractivity contribution >= 4 is 6.29 Å². The van der Waals surface area contributed by atoms with Crippen LogP contribution in [0.2, 0.25) is 0 Å². The number of allylic oxidation sites excluding steroid dienone is 1. The summed E-state index contributed by atoms with van der Waals surface area (Å²) in [7, 11) is 1.92. The van der Waals surface area contributed by atoms with E-state index in [-0.39, 0.29) is 21.1 Å². The molecule has 1 saturated heterocycles. The van der Waals surface area contributed by atoms with Gasteiger partial charge in [0.1, 0.15) is 6.29 Å². The summed E-state index contributed by atoms with van der Waals surface area (Å²) in [5, 5.41) is 12.8. The maximum Gasteiger partial charge on any atom is 0.119 e. The molecule has 0 aromatic heterocycles.